The molecule has 3 aromatic carbocycles. The predicted molar refractivity (Wildman–Crippen MR) is 161 cm³/mol. The summed E-state index contributed by atoms with van der Waals surface area (Å²) in [4.78, 5) is 67.8. The largest absolute Gasteiger partial charge is 0.423 e. The lowest BCUT2D eigenvalue weighted by Gasteiger charge is -2.37. The normalized spacial score (nSPS) is 25.8. The minimum absolute atomic E-state index is 0.0533. The van der Waals surface area contributed by atoms with Crippen LogP contribution >= 0.6 is 34.8 Å². The van der Waals surface area contributed by atoms with Crippen LogP contribution in [0.1, 0.15) is 37.5 Å². The Morgan fingerprint density at radius 2 is 1.43 bits per heavy atom. The van der Waals surface area contributed by atoms with Gasteiger partial charge in [-0.25, -0.2) is 9.80 Å². The number of nitrogens with zero attached hydrogens (tertiary/aromatic N) is 2. The standard InChI is InChI=1S/C33H23Cl3N2O6/c34-17-7-10-22(26(36)13-17)33(43)44-18-8-5-16(6-9-18)27(39)15-37(30(40)21-3-1-2-4-25(21)35)38-31(41)28-19-11-12-20(24-14-23(19)24)29(28)32(38)42/h1-13,19-20,23-24,28-29H,14-15H2/t19-,20-,23-,24+,28+,29+/m0/s1. The minimum Gasteiger partial charge on any atom is -0.423 e. The summed E-state index contributed by atoms with van der Waals surface area (Å²) < 4.78 is 5.39. The molecule has 222 valence electrons. The van der Waals surface area contributed by atoms with E-state index in [0.29, 0.717) is 16.9 Å². The first-order valence-corrected chi connectivity index (χ1v) is 15.2. The van der Waals surface area contributed by atoms with E-state index in [-0.39, 0.29) is 44.3 Å². The van der Waals surface area contributed by atoms with E-state index in [1.165, 1.54) is 54.6 Å². The fraction of sp³-hybridized carbons (Fsp3) is 0.242. The number of carbonyl (C=O) groups excluding carboxylic acids is 5. The molecular formula is C33H23Cl3N2O6. The number of ketones is 1. The van der Waals surface area contributed by atoms with Gasteiger partial charge in [0.15, 0.2) is 5.78 Å². The fourth-order valence-electron chi connectivity index (χ4n) is 6.94. The predicted octanol–water partition coefficient (Wildman–Crippen LogP) is 6.16. The average molecular weight is 650 g/mol. The van der Waals surface area contributed by atoms with Gasteiger partial charge in [0.05, 0.1) is 33.0 Å². The van der Waals surface area contributed by atoms with Crippen LogP contribution in [0.15, 0.2) is 78.9 Å². The van der Waals surface area contributed by atoms with Gasteiger partial charge in [-0.2, -0.15) is 5.01 Å². The summed E-state index contributed by atoms with van der Waals surface area (Å²) in [5, 5.41) is 2.43. The highest BCUT2D eigenvalue weighted by Crippen LogP contribution is 2.65. The number of esters is 1. The molecule has 6 atom stereocenters. The van der Waals surface area contributed by atoms with Crippen molar-refractivity contribution in [1.82, 2.24) is 10.0 Å². The topological polar surface area (TPSA) is 101 Å². The van der Waals surface area contributed by atoms with E-state index in [4.69, 9.17) is 39.5 Å². The van der Waals surface area contributed by atoms with Gasteiger partial charge in [-0.3, -0.25) is 19.2 Å². The molecule has 3 amide bonds. The van der Waals surface area contributed by atoms with E-state index in [1.807, 2.05) is 12.2 Å². The molecule has 0 N–H and O–H groups in total. The molecule has 5 aliphatic rings. The van der Waals surface area contributed by atoms with Crippen LogP contribution in [0.3, 0.4) is 0 Å². The molecule has 2 bridgehead atoms. The minimum atomic E-state index is -0.736. The van der Waals surface area contributed by atoms with Crippen LogP contribution in [0.2, 0.25) is 15.1 Å². The van der Waals surface area contributed by atoms with E-state index in [0.717, 1.165) is 16.4 Å². The number of ether oxygens (including phenoxy) is 1. The Morgan fingerprint density at radius 1 is 0.795 bits per heavy atom. The SMILES string of the molecule is O=C(CN(C(=O)c1ccccc1Cl)N1C(=O)[C@@H]2[C@H]3C=C[C@@H]([C@@H]4C[C@H]34)[C@H]2C1=O)c1ccc(OC(=O)c2ccc(Cl)cc2Cl)cc1. The number of hydrazine groups is 1. The van der Waals surface area contributed by atoms with Crippen molar-refractivity contribution in [1.29, 1.82) is 0 Å². The second-order valence-electron chi connectivity index (χ2n) is 11.4. The molecule has 8 nitrogen and oxygen atoms in total. The summed E-state index contributed by atoms with van der Waals surface area (Å²) in [6.07, 6.45) is 5.07. The number of imide groups is 1. The summed E-state index contributed by atoms with van der Waals surface area (Å²) >= 11 is 18.3. The van der Waals surface area contributed by atoms with Gasteiger partial charge >= 0.3 is 5.97 Å². The number of benzene rings is 3. The van der Waals surface area contributed by atoms with E-state index >= 15 is 0 Å². The molecule has 3 aromatic rings. The van der Waals surface area contributed by atoms with Gasteiger partial charge in [0.2, 0.25) is 0 Å². The maximum Gasteiger partial charge on any atom is 0.345 e. The van der Waals surface area contributed by atoms with Gasteiger partial charge < -0.3 is 4.74 Å². The third-order valence-corrected chi connectivity index (χ3v) is 9.93. The van der Waals surface area contributed by atoms with Crippen molar-refractivity contribution >= 4 is 64.3 Å². The maximum absolute atomic E-state index is 13.9. The van der Waals surface area contributed by atoms with Gasteiger partial charge in [-0.15, -0.1) is 0 Å². The number of allylic oxidation sites excluding steroid dienone is 2. The lowest BCUT2D eigenvalue weighted by molar-refractivity contribution is -0.154. The van der Waals surface area contributed by atoms with Gasteiger partial charge in [0.1, 0.15) is 12.3 Å². The van der Waals surface area contributed by atoms with Crippen molar-refractivity contribution in [3.63, 3.8) is 0 Å². The molecule has 0 aromatic heterocycles. The van der Waals surface area contributed by atoms with Crippen molar-refractivity contribution in [2.75, 3.05) is 6.54 Å². The summed E-state index contributed by atoms with van der Waals surface area (Å²) in [6.45, 7) is -0.587. The van der Waals surface area contributed by atoms with Crippen LogP contribution in [0.4, 0.5) is 0 Å². The summed E-state index contributed by atoms with van der Waals surface area (Å²) in [6, 6.07) is 16.3. The zero-order valence-corrected chi connectivity index (χ0v) is 25.1. The highest BCUT2D eigenvalue weighted by atomic mass is 35.5. The van der Waals surface area contributed by atoms with Crippen LogP contribution in [0, 0.1) is 35.5 Å². The second kappa shape index (κ2) is 10.9. The van der Waals surface area contributed by atoms with Crippen molar-refractivity contribution in [3.8, 4) is 5.75 Å². The molecule has 4 aliphatic carbocycles. The third-order valence-electron chi connectivity index (χ3n) is 9.05. The molecule has 3 fully saturated rings. The van der Waals surface area contributed by atoms with Crippen LogP contribution in [0.5, 0.6) is 5.75 Å². The van der Waals surface area contributed by atoms with Crippen LogP contribution in [-0.4, -0.2) is 46.0 Å². The molecule has 0 spiro atoms. The quantitative estimate of drug-likeness (QED) is 0.1000. The smallest absolute Gasteiger partial charge is 0.345 e. The first kappa shape index (κ1) is 28.8. The zero-order valence-electron chi connectivity index (χ0n) is 22.9. The molecule has 0 radical (unpaired) electrons. The van der Waals surface area contributed by atoms with Gasteiger partial charge in [-0.1, -0.05) is 59.1 Å². The highest BCUT2D eigenvalue weighted by Gasteiger charge is 2.68. The number of Topliss-reactive ketones (excluding diaryl/α,β-unsaturated/α-hetero) is 1. The lowest BCUT2D eigenvalue weighted by Crippen LogP contribution is -2.52. The Labute approximate surface area is 267 Å². The van der Waals surface area contributed by atoms with Crippen molar-refractivity contribution in [2.24, 2.45) is 35.5 Å². The van der Waals surface area contributed by atoms with Crippen LogP contribution in [0.25, 0.3) is 0 Å². The Hall–Kier alpha value is -3.98. The van der Waals surface area contributed by atoms with E-state index in [1.54, 1.807) is 12.1 Å². The van der Waals surface area contributed by atoms with Gasteiger partial charge in [0.25, 0.3) is 17.7 Å². The monoisotopic (exact) mass is 648 g/mol. The molecule has 11 heteroatoms. The zero-order chi connectivity index (χ0) is 30.9. The van der Waals surface area contributed by atoms with Crippen LogP contribution < -0.4 is 4.74 Å². The average Bonchev–Trinajstić information content (AvgIpc) is 3.79. The molecule has 2 saturated carbocycles. The molecule has 8 rings (SSSR count). The van der Waals surface area contributed by atoms with E-state index < -0.39 is 47.9 Å². The molecule has 44 heavy (non-hydrogen) atoms. The molecule has 1 aliphatic heterocycles. The van der Waals surface area contributed by atoms with Crippen molar-refractivity contribution in [2.45, 2.75) is 6.42 Å². The molecule has 1 heterocycles. The van der Waals surface area contributed by atoms with Crippen LogP contribution in [-0.2, 0) is 9.59 Å². The van der Waals surface area contributed by atoms with Gasteiger partial charge in [0, 0.05) is 10.6 Å². The fourth-order valence-corrected chi connectivity index (χ4v) is 7.64. The second-order valence-corrected chi connectivity index (χ2v) is 12.7. The first-order valence-electron chi connectivity index (χ1n) is 14.1. The third kappa shape index (κ3) is 4.72. The van der Waals surface area contributed by atoms with E-state index in [2.05, 4.69) is 0 Å². The maximum atomic E-state index is 13.9. The molecule has 1 saturated heterocycles. The number of carbonyl (C=O) groups is 5. The highest BCUT2D eigenvalue weighted by molar-refractivity contribution is 6.36. The van der Waals surface area contributed by atoms with Crippen molar-refractivity contribution < 1.29 is 28.7 Å². The molecule has 0 unspecified atom stereocenters. The summed E-state index contributed by atoms with van der Waals surface area (Å²) in [7, 11) is 0. The van der Waals surface area contributed by atoms with Crippen molar-refractivity contribution in [3.05, 3.63) is 111 Å². The summed E-state index contributed by atoms with van der Waals surface area (Å²) in [5.74, 6) is -3.24. The molecular weight excluding hydrogens is 627 g/mol. The number of halogens is 3. The summed E-state index contributed by atoms with van der Waals surface area (Å²) in [5.41, 5.74) is 0.349. The van der Waals surface area contributed by atoms with Gasteiger partial charge in [-0.05, 0) is 84.7 Å². The Kier molecular flexibility index (Phi) is 7.11. The van der Waals surface area contributed by atoms with E-state index in [9.17, 15) is 24.0 Å². The Bertz CT molecular complexity index is 1750. The number of hydrogen-bond donors (Lipinski definition) is 0. The number of rotatable bonds is 7. The Morgan fingerprint density at radius 3 is 2.05 bits per heavy atom. The first-order chi connectivity index (χ1) is 21.1. The lowest BCUT2D eigenvalue weighted by atomic mass is 9.63. The number of amides is 3. The number of hydrogen-bond acceptors (Lipinski definition) is 6. The Balaban J connectivity index is 1.14.